The summed E-state index contributed by atoms with van der Waals surface area (Å²) in [6, 6.07) is 0. The molecule has 0 aliphatic carbocycles. The normalized spacial score (nSPS) is 10.3. The van der Waals surface area contributed by atoms with Gasteiger partial charge >= 0.3 is 0 Å². The fraction of sp³-hybridized carbons (Fsp3) is 0.444. The summed E-state index contributed by atoms with van der Waals surface area (Å²) in [5, 5.41) is 0. The highest BCUT2D eigenvalue weighted by Gasteiger charge is 1.79. The summed E-state index contributed by atoms with van der Waals surface area (Å²) in [6.45, 7) is 8.87. The fourth-order valence-corrected chi connectivity index (χ4v) is 0.614. The number of allylic oxidation sites excluding steroid dienone is 3. The van der Waals surface area contributed by atoms with Crippen molar-refractivity contribution in [3.63, 3.8) is 0 Å². The van der Waals surface area contributed by atoms with Gasteiger partial charge < -0.3 is 0 Å². The SMILES string of the molecule is [CH]=C/C=C/CCCC[CH2]. The Labute approximate surface area is 58.3 Å². The summed E-state index contributed by atoms with van der Waals surface area (Å²) >= 11 is 0. The van der Waals surface area contributed by atoms with Crippen LogP contribution in [0.2, 0.25) is 0 Å². The average molecular weight is 122 g/mol. The van der Waals surface area contributed by atoms with Crippen LogP contribution in [0.4, 0.5) is 0 Å². The first kappa shape index (κ1) is 8.48. The Balaban J connectivity index is 2.90. The molecular formula is C9H14. The van der Waals surface area contributed by atoms with Gasteiger partial charge in [-0.05, 0) is 12.8 Å². The van der Waals surface area contributed by atoms with Gasteiger partial charge in [-0.15, -0.1) is 0 Å². The van der Waals surface area contributed by atoms with E-state index in [1.807, 2.05) is 6.08 Å². The molecule has 0 saturated heterocycles. The summed E-state index contributed by atoms with van der Waals surface area (Å²) < 4.78 is 0. The Morgan fingerprint density at radius 1 is 1.33 bits per heavy atom. The van der Waals surface area contributed by atoms with E-state index in [1.54, 1.807) is 6.08 Å². The van der Waals surface area contributed by atoms with Crippen LogP contribution in [-0.2, 0) is 0 Å². The highest BCUT2D eigenvalue weighted by Crippen LogP contribution is 1.98. The van der Waals surface area contributed by atoms with Gasteiger partial charge in [-0.3, -0.25) is 0 Å². The van der Waals surface area contributed by atoms with Crippen LogP contribution in [0.1, 0.15) is 25.7 Å². The zero-order valence-corrected chi connectivity index (χ0v) is 5.84. The molecule has 50 valence electrons. The maximum Gasteiger partial charge on any atom is -0.0348 e. The second-order valence-electron chi connectivity index (χ2n) is 1.97. The minimum absolute atomic E-state index is 1.04. The van der Waals surface area contributed by atoms with Crippen LogP contribution in [0.3, 0.4) is 0 Å². The lowest BCUT2D eigenvalue weighted by atomic mass is 10.2. The number of rotatable bonds is 5. The monoisotopic (exact) mass is 122 g/mol. The highest BCUT2D eigenvalue weighted by atomic mass is 13.8. The summed E-state index contributed by atoms with van der Waals surface area (Å²) in [5.74, 6) is 0. The van der Waals surface area contributed by atoms with Gasteiger partial charge in [-0.25, -0.2) is 0 Å². The van der Waals surface area contributed by atoms with Gasteiger partial charge in [0.25, 0.3) is 0 Å². The zero-order valence-electron chi connectivity index (χ0n) is 5.84. The van der Waals surface area contributed by atoms with Crippen LogP contribution < -0.4 is 0 Å². The quantitative estimate of drug-likeness (QED) is 0.388. The van der Waals surface area contributed by atoms with Crippen LogP contribution in [0, 0.1) is 13.5 Å². The van der Waals surface area contributed by atoms with Crippen molar-refractivity contribution in [1.82, 2.24) is 0 Å². The van der Waals surface area contributed by atoms with Crippen molar-refractivity contribution in [3.05, 3.63) is 31.7 Å². The molecule has 0 atom stereocenters. The van der Waals surface area contributed by atoms with Crippen LogP contribution in [0.5, 0.6) is 0 Å². The molecule has 0 nitrogen and oxygen atoms in total. The molecule has 0 bridgehead atoms. The third-order valence-electron chi connectivity index (χ3n) is 1.12. The van der Waals surface area contributed by atoms with Gasteiger partial charge in [-0.1, -0.05) is 44.6 Å². The largest absolute Gasteiger partial charge is 0.0845 e. The first-order valence-corrected chi connectivity index (χ1v) is 3.41. The summed E-state index contributed by atoms with van der Waals surface area (Å²) in [7, 11) is 0. The predicted molar refractivity (Wildman–Crippen MR) is 41.8 cm³/mol. The number of unbranched alkanes of at least 4 members (excludes halogenated alkanes) is 3. The maximum absolute atomic E-state index is 5.12. The molecule has 2 radical (unpaired) electrons. The van der Waals surface area contributed by atoms with Crippen molar-refractivity contribution >= 4 is 0 Å². The molecule has 0 spiro atoms. The van der Waals surface area contributed by atoms with E-state index in [0.29, 0.717) is 0 Å². The standard InChI is InChI=1S/C9H14/c1-3-5-7-9-8-6-4-2/h1,3,5,7H,2,4,6,8-9H2/b3-1?,7-5+. The molecule has 0 aromatic carbocycles. The summed E-state index contributed by atoms with van der Waals surface area (Å²) in [5.41, 5.74) is 0. The number of hydrogen-bond acceptors (Lipinski definition) is 0. The third-order valence-corrected chi connectivity index (χ3v) is 1.12. The third kappa shape index (κ3) is 7.48. The Morgan fingerprint density at radius 3 is 2.67 bits per heavy atom. The Kier molecular flexibility index (Phi) is 7.05. The predicted octanol–water partition coefficient (Wildman–Crippen LogP) is 2.93. The first-order valence-electron chi connectivity index (χ1n) is 3.41. The molecule has 0 unspecified atom stereocenters. The molecular weight excluding hydrogens is 108 g/mol. The highest BCUT2D eigenvalue weighted by molar-refractivity contribution is 4.95. The molecule has 0 aromatic heterocycles. The van der Waals surface area contributed by atoms with E-state index in [4.69, 9.17) is 6.58 Å². The van der Waals surface area contributed by atoms with Gasteiger partial charge in [0.2, 0.25) is 0 Å². The average Bonchev–Trinajstić information content (AvgIpc) is 1.89. The van der Waals surface area contributed by atoms with Crippen molar-refractivity contribution < 1.29 is 0 Å². The van der Waals surface area contributed by atoms with Crippen molar-refractivity contribution in [2.75, 3.05) is 0 Å². The molecule has 0 aliphatic heterocycles. The maximum atomic E-state index is 5.12. The van der Waals surface area contributed by atoms with E-state index in [9.17, 15) is 0 Å². The van der Waals surface area contributed by atoms with Gasteiger partial charge in [0.05, 0.1) is 0 Å². The van der Waals surface area contributed by atoms with Crippen LogP contribution in [-0.4, -0.2) is 0 Å². The summed E-state index contributed by atoms with van der Waals surface area (Å²) in [4.78, 5) is 0. The second-order valence-corrected chi connectivity index (χ2v) is 1.97. The topological polar surface area (TPSA) is 0 Å². The van der Waals surface area contributed by atoms with E-state index in [2.05, 4.69) is 13.0 Å². The molecule has 0 saturated carbocycles. The van der Waals surface area contributed by atoms with Crippen molar-refractivity contribution in [3.8, 4) is 0 Å². The smallest absolute Gasteiger partial charge is 0.0348 e. The Bertz CT molecular complexity index is 80.0. The lowest BCUT2D eigenvalue weighted by Gasteiger charge is -1.89. The Morgan fingerprint density at radius 2 is 2.11 bits per heavy atom. The van der Waals surface area contributed by atoms with E-state index in [-0.39, 0.29) is 0 Å². The Hall–Kier alpha value is -0.520. The van der Waals surface area contributed by atoms with Crippen molar-refractivity contribution in [2.24, 2.45) is 0 Å². The fourth-order valence-electron chi connectivity index (χ4n) is 0.614. The summed E-state index contributed by atoms with van der Waals surface area (Å²) in [6.07, 6.45) is 10.1. The molecule has 0 aliphatic rings. The zero-order chi connectivity index (χ0) is 6.95. The number of hydrogen-bond donors (Lipinski definition) is 0. The molecule has 0 amide bonds. The van der Waals surface area contributed by atoms with E-state index in [1.165, 1.54) is 12.8 Å². The van der Waals surface area contributed by atoms with E-state index in [0.717, 1.165) is 12.8 Å². The molecule has 0 heteroatoms. The minimum Gasteiger partial charge on any atom is -0.0845 e. The molecule has 9 heavy (non-hydrogen) atoms. The van der Waals surface area contributed by atoms with E-state index >= 15 is 0 Å². The second kappa shape index (κ2) is 7.48. The van der Waals surface area contributed by atoms with Gasteiger partial charge in [-0.2, -0.15) is 0 Å². The molecule has 0 N–H and O–H groups in total. The van der Waals surface area contributed by atoms with Crippen molar-refractivity contribution in [1.29, 1.82) is 0 Å². The van der Waals surface area contributed by atoms with Gasteiger partial charge in [0.15, 0.2) is 0 Å². The minimum atomic E-state index is 1.04. The molecule has 0 heterocycles. The molecule has 0 fully saturated rings. The first-order chi connectivity index (χ1) is 4.41. The van der Waals surface area contributed by atoms with Gasteiger partial charge in [0, 0.05) is 0 Å². The van der Waals surface area contributed by atoms with Crippen molar-refractivity contribution in [2.45, 2.75) is 25.7 Å². The molecule has 0 rings (SSSR count). The van der Waals surface area contributed by atoms with Crippen LogP contribution in [0.15, 0.2) is 18.2 Å². The lowest BCUT2D eigenvalue weighted by Crippen LogP contribution is -1.69. The van der Waals surface area contributed by atoms with Crippen LogP contribution in [0.25, 0.3) is 0 Å². The van der Waals surface area contributed by atoms with E-state index < -0.39 is 0 Å². The van der Waals surface area contributed by atoms with Crippen LogP contribution >= 0.6 is 0 Å². The van der Waals surface area contributed by atoms with Gasteiger partial charge in [0.1, 0.15) is 0 Å². The lowest BCUT2D eigenvalue weighted by molar-refractivity contribution is 0.760. The molecule has 0 aromatic rings.